The molecule has 2 aromatic carbocycles. The lowest BCUT2D eigenvalue weighted by molar-refractivity contribution is -0.119. The average molecular weight is 461 g/mol. The molecule has 3 aliphatic rings. The highest BCUT2D eigenvalue weighted by Crippen LogP contribution is 2.48. The van der Waals surface area contributed by atoms with Crippen LogP contribution in [-0.4, -0.2) is 24.1 Å². The SMILES string of the molecule is O=C(COc1cccc(C2C3=C(CCCC3=O)OC3=C2C(=O)CCC3)c1)Nc1ccccc1F. The summed E-state index contributed by atoms with van der Waals surface area (Å²) in [6, 6.07) is 13.0. The first-order chi connectivity index (χ1) is 16.5. The summed E-state index contributed by atoms with van der Waals surface area (Å²) < 4.78 is 25.5. The molecule has 2 aliphatic carbocycles. The standard InChI is InChI=1S/C27H24FNO5/c28-18-8-1-2-9-19(18)29-24(32)15-33-17-7-3-6-16(14-17)25-26-20(30)10-4-12-22(26)34-23-13-5-11-21(31)27(23)25/h1-3,6-9,14,25H,4-5,10-13,15H2,(H,29,32). The Hall–Kier alpha value is -3.74. The van der Waals surface area contributed by atoms with Crippen LogP contribution in [0.15, 0.2) is 71.2 Å². The molecular formula is C27H24FNO5. The number of rotatable bonds is 5. The monoisotopic (exact) mass is 461 g/mol. The van der Waals surface area contributed by atoms with E-state index in [4.69, 9.17) is 9.47 Å². The van der Waals surface area contributed by atoms with E-state index in [1.807, 2.05) is 6.07 Å². The number of allylic oxidation sites excluding steroid dienone is 4. The number of ether oxygens (including phenoxy) is 2. The molecule has 0 bridgehead atoms. The number of carbonyl (C=O) groups excluding carboxylic acids is 3. The molecule has 34 heavy (non-hydrogen) atoms. The molecule has 7 heteroatoms. The summed E-state index contributed by atoms with van der Waals surface area (Å²) >= 11 is 0. The zero-order valence-electron chi connectivity index (χ0n) is 18.6. The molecule has 6 nitrogen and oxygen atoms in total. The molecule has 0 unspecified atom stereocenters. The number of amides is 1. The summed E-state index contributed by atoms with van der Waals surface area (Å²) in [5.74, 6) is 0.258. The highest BCUT2D eigenvalue weighted by Gasteiger charge is 2.41. The number of carbonyl (C=O) groups is 3. The first kappa shape index (κ1) is 22.1. The van der Waals surface area contributed by atoms with E-state index in [-0.39, 0.29) is 23.9 Å². The Morgan fingerprint density at radius 2 is 1.62 bits per heavy atom. The third-order valence-electron chi connectivity index (χ3n) is 6.35. The molecule has 0 saturated carbocycles. The lowest BCUT2D eigenvalue weighted by Gasteiger charge is -2.36. The minimum Gasteiger partial charge on any atom is -0.484 e. The van der Waals surface area contributed by atoms with Crippen LogP contribution in [-0.2, 0) is 19.1 Å². The van der Waals surface area contributed by atoms with Crippen LogP contribution in [0.25, 0.3) is 0 Å². The summed E-state index contributed by atoms with van der Waals surface area (Å²) in [5.41, 5.74) is 1.96. The van der Waals surface area contributed by atoms with Crippen molar-refractivity contribution in [3.8, 4) is 5.75 Å². The van der Waals surface area contributed by atoms with Gasteiger partial charge in [-0.1, -0.05) is 24.3 Å². The molecule has 0 saturated heterocycles. The number of halogens is 1. The van der Waals surface area contributed by atoms with Crippen LogP contribution in [0, 0.1) is 5.82 Å². The van der Waals surface area contributed by atoms with Crippen LogP contribution >= 0.6 is 0 Å². The van der Waals surface area contributed by atoms with Crippen molar-refractivity contribution in [3.05, 3.63) is 82.6 Å². The largest absolute Gasteiger partial charge is 0.484 e. The van der Waals surface area contributed by atoms with Gasteiger partial charge in [0.1, 0.15) is 23.1 Å². The summed E-state index contributed by atoms with van der Waals surface area (Å²) in [4.78, 5) is 38.1. The molecule has 0 aromatic heterocycles. The van der Waals surface area contributed by atoms with Gasteiger partial charge in [-0.2, -0.15) is 0 Å². The van der Waals surface area contributed by atoms with Crippen LogP contribution in [0.5, 0.6) is 5.75 Å². The van der Waals surface area contributed by atoms with Crippen molar-refractivity contribution in [1.82, 2.24) is 0 Å². The minimum absolute atomic E-state index is 0.00626. The Balaban J connectivity index is 1.40. The highest BCUT2D eigenvalue weighted by atomic mass is 19.1. The molecule has 174 valence electrons. The second-order valence-corrected chi connectivity index (χ2v) is 8.65. The first-order valence-electron chi connectivity index (χ1n) is 11.5. The lowest BCUT2D eigenvalue weighted by Crippen LogP contribution is -2.30. The molecule has 0 fully saturated rings. The van der Waals surface area contributed by atoms with Crippen molar-refractivity contribution in [2.45, 2.75) is 44.4 Å². The van der Waals surface area contributed by atoms with E-state index in [1.165, 1.54) is 12.1 Å². The fraction of sp³-hybridized carbons (Fsp3) is 0.296. The maximum Gasteiger partial charge on any atom is 0.262 e. The zero-order chi connectivity index (χ0) is 23.7. The number of nitrogens with one attached hydrogen (secondary N) is 1. The van der Waals surface area contributed by atoms with Crippen LogP contribution in [0.1, 0.15) is 50.0 Å². The molecule has 0 spiro atoms. The van der Waals surface area contributed by atoms with Gasteiger partial charge in [0.2, 0.25) is 0 Å². The van der Waals surface area contributed by atoms with Crippen molar-refractivity contribution < 1.29 is 28.2 Å². The first-order valence-corrected chi connectivity index (χ1v) is 11.5. The van der Waals surface area contributed by atoms with Gasteiger partial charge >= 0.3 is 0 Å². The molecule has 0 radical (unpaired) electrons. The predicted molar refractivity (Wildman–Crippen MR) is 123 cm³/mol. The van der Waals surface area contributed by atoms with E-state index >= 15 is 0 Å². The van der Waals surface area contributed by atoms with Crippen molar-refractivity contribution in [3.63, 3.8) is 0 Å². The van der Waals surface area contributed by atoms with Gasteiger partial charge in [0.15, 0.2) is 18.2 Å². The third kappa shape index (κ3) is 4.25. The normalized spacial score (nSPS) is 18.3. The van der Waals surface area contributed by atoms with Gasteiger partial charge in [0.25, 0.3) is 5.91 Å². The lowest BCUT2D eigenvalue weighted by atomic mass is 9.73. The van der Waals surface area contributed by atoms with Gasteiger partial charge < -0.3 is 14.8 Å². The van der Waals surface area contributed by atoms with Gasteiger partial charge in [-0.25, -0.2) is 4.39 Å². The number of hydrogen-bond acceptors (Lipinski definition) is 5. The average Bonchev–Trinajstić information content (AvgIpc) is 2.83. The minimum atomic E-state index is -0.528. The maximum atomic E-state index is 13.8. The van der Waals surface area contributed by atoms with Gasteiger partial charge in [-0.3, -0.25) is 14.4 Å². The summed E-state index contributed by atoms with van der Waals surface area (Å²) in [7, 11) is 0. The molecule has 0 atom stereocenters. The van der Waals surface area contributed by atoms with Crippen LogP contribution in [0.3, 0.4) is 0 Å². The molecule has 1 aliphatic heterocycles. The Morgan fingerprint density at radius 3 is 2.29 bits per heavy atom. The fourth-order valence-corrected chi connectivity index (χ4v) is 4.83. The number of Topliss-reactive ketones (excluding diaryl/α,β-unsaturated/α-hetero) is 2. The number of hydrogen-bond donors (Lipinski definition) is 1. The number of benzene rings is 2. The van der Waals surface area contributed by atoms with E-state index in [0.717, 1.165) is 18.4 Å². The van der Waals surface area contributed by atoms with Crippen molar-refractivity contribution in [1.29, 1.82) is 0 Å². The van der Waals surface area contributed by atoms with Crippen LogP contribution in [0.4, 0.5) is 10.1 Å². The van der Waals surface area contributed by atoms with Gasteiger partial charge in [0, 0.05) is 42.7 Å². The third-order valence-corrected chi connectivity index (χ3v) is 6.35. The van der Waals surface area contributed by atoms with Crippen molar-refractivity contribution in [2.75, 3.05) is 11.9 Å². The van der Waals surface area contributed by atoms with Gasteiger partial charge in [0.05, 0.1) is 5.69 Å². The quantitative estimate of drug-likeness (QED) is 0.680. The van der Waals surface area contributed by atoms with Crippen LogP contribution < -0.4 is 10.1 Å². The Kier molecular flexibility index (Phi) is 6.01. The topological polar surface area (TPSA) is 81.7 Å². The van der Waals surface area contributed by atoms with Gasteiger partial charge in [-0.05, 0) is 42.7 Å². The van der Waals surface area contributed by atoms with E-state index in [2.05, 4.69) is 5.32 Å². The van der Waals surface area contributed by atoms with E-state index in [0.29, 0.717) is 54.1 Å². The molecule has 5 rings (SSSR count). The Morgan fingerprint density at radius 1 is 0.941 bits per heavy atom. The van der Waals surface area contributed by atoms with Crippen LogP contribution in [0.2, 0.25) is 0 Å². The van der Waals surface area contributed by atoms with E-state index in [1.54, 1.807) is 30.3 Å². The van der Waals surface area contributed by atoms with E-state index < -0.39 is 17.6 Å². The number of anilines is 1. The smallest absolute Gasteiger partial charge is 0.262 e. The van der Waals surface area contributed by atoms with E-state index in [9.17, 15) is 18.8 Å². The number of ketones is 2. The van der Waals surface area contributed by atoms with Gasteiger partial charge in [-0.15, -0.1) is 0 Å². The summed E-state index contributed by atoms with van der Waals surface area (Å²) in [5, 5.41) is 2.48. The fourth-order valence-electron chi connectivity index (χ4n) is 4.83. The Labute approximate surface area is 196 Å². The maximum absolute atomic E-state index is 13.8. The summed E-state index contributed by atoms with van der Waals surface area (Å²) in [6.07, 6.45) is 3.69. The molecule has 1 amide bonds. The molecule has 2 aromatic rings. The predicted octanol–water partition coefficient (Wildman–Crippen LogP) is 4.97. The second-order valence-electron chi connectivity index (χ2n) is 8.65. The van der Waals surface area contributed by atoms with Crippen molar-refractivity contribution in [2.24, 2.45) is 0 Å². The number of para-hydroxylation sites is 1. The zero-order valence-corrected chi connectivity index (χ0v) is 18.6. The Bertz CT molecular complexity index is 1200. The second kappa shape index (κ2) is 9.25. The highest BCUT2D eigenvalue weighted by molar-refractivity contribution is 6.05. The molecular weight excluding hydrogens is 437 g/mol. The molecule has 1 N–H and O–H groups in total. The summed E-state index contributed by atoms with van der Waals surface area (Å²) in [6.45, 7) is -0.314. The van der Waals surface area contributed by atoms with Crippen molar-refractivity contribution >= 4 is 23.2 Å². The molecule has 1 heterocycles.